The van der Waals surface area contributed by atoms with E-state index < -0.39 is 11.9 Å². The van der Waals surface area contributed by atoms with Crippen molar-refractivity contribution >= 4 is 11.8 Å². The molecular weight excluding hydrogens is 216 g/mol. The number of carboxylic acid groups (broad SMARTS) is 1. The molecule has 2 atom stereocenters. The van der Waals surface area contributed by atoms with E-state index in [-0.39, 0.29) is 11.7 Å². The van der Waals surface area contributed by atoms with Crippen LogP contribution in [0.2, 0.25) is 0 Å². The number of carboxylic acids is 1. The summed E-state index contributed by atoms with van der Waals surface area (Å²) in [7, 11) is 0. The van der Waals surface area contributed by atoms with Crippen LogP contribution in [0.3, 0.4) is 0 Å². The molecule has 1 aromatic rings. The third kappa shape index (κ3) is 2.93. The van der Waals surface area contributed by atoms with Crippen LogP contribution in [0, 0.1) is 11.8 Å². The highest BCUT2D eigenvalue weighted by Crippen LogP contribution is 2.30. The van der Waals surface area contributed by atoms with Crippen LogP contribution < -0.4 is 5.11 Å². The molecular formula is C14H15O3-. The van der Waals surface area contributed by atoms with Crippen LogP contribution in [-0.2, 0) is 16.0 Å². The lowest BCUT2D eigenvalue weighted by molar-refractivity contribution is -0.313. The predicted molar refractivity (Wildman–Crippen MR) is 61.0 cm³/mol. The lowest BCUT2D eigenvalue weighted by Crippen LogP contribution is -2.40. The Morgan fingerprint density at radius 3 is 2.65 bits per heavy atom. The first-order chi connectivity index (χ1) is 8.16. The van der Waals surface area contributed by atoms with Crippen LogP contribution in [0.5, 0.6) is 0 Å². The number of carbonyl (C=O) groups is 2. The Hall–Kier alpha value is -1.64. The topological polar surface area (TPSA) is 57.2 Å². The maximum absolute atomic E-state index is 11.4. The van der Waals surface area contributed by atoms with Crippen molar-refractivity contribution in [2.24, 2.45) is 11.8 Å². The molecule has 3 nitrogen and oxygen atoms in total. The van der Waals surface area contributed by atoms with E-state index in [0.29, 0.717) is 25.7 Å². The standard InChI is InChI=1S/C14H16O3/c15-12-6-7-13(14(16)17)11(9-12)8-10-4-2-1-3-5-10/h1-5,11,13H,6-9H2,(H,16,17)/p-1/t11-,13-/m1/s1. The van der Waals surface area contributed by atoms with Crippen molar-refractivity contribution in [1.29, 1.82) is 0 Å². The van der Waals surface area contributed by atoms with E-state index in [1.165, 1.54) is 0 Å². The normalized spacial score (nSPS) is 24.6. The molecule has 0 amide bonds. The van der Waals surface area contributed by atoms with Crippen molar-refractivity contribution in [2.45, 2.75) is 25.7 Å². The number of aliphatic carboxylic acids is 1. The van der Waals surface area contributed by atoms with E-state index in [1.54, 1.807) is 0 Å². The number of carbonyl (C=O) groups excluding carboxylic acids is 2. The summed E-state index contributed by atoms with van der Waals surface area (Å²) in [4.78, 5) is 22.5. The Morgan fingerprint density at radius 2 is 2.00 bits per heavy atom. The average Bonchev–Trinajstić information content (AvgIpc) is 2.30. The second-order valence-electron chi connectivity index (χ2n) is 4.66. The number of benzene rings is 1. The summed E-state index contributed by atoms with van der Waals surface area (Å²) >= 11 is 0. The van der Waals surface area contributed by atoms with E-state index >= 15 is 0 Å². The highest BCUT2D eigenvalue weighted by Gasteiger charge is 2.30. The Kier molecular flexibility index (Phi) is 3.57. The number of hydrogen-bond acceptors (Lipinski definition) is 3. The summed E-state index contributed by atoms with van der Waals surface area (Å²) in [6.07, 6.45) is 1.82. The third-order valence-electron chi connectivity index (χ3n) is 3.44. The quantitative estimate of drug-likeness (QED) is 0.778. The van der Waals surface area contributed by atoms with Crippen molar-refractivity contribution in [3.05, 3.63) is 35.9 Å². The van der Waals surface area contributed by atoms with Crippen LogP contribution >= 0.6 is 0 Å². The average molecular weight is 231 g/mol. The first kappa shape index (κ1) is 11.8. The summed E-state index contributed by atoms with van der Waals surface area (Å²) in [5, 5.41) is 11.0. The fourth-order valence-corrected chi connectivity index (χ4v) is 2.53. The van der Waals surface area contributed by atoms with Crippen LogP contribution in [0.15, 0.2) is 30.3 Å². The maximum Gasteiger partial charge on any atom is 0.133 e. The Bertz CT molecular complexity index is 411. The fourth-order valence-electron chi connectivity index (χ4n) is 2.53. The Balaban J connectivity index is 2.10. The van der Waals surface area contributed by atoms with Gasteiger partial charge in [-0.05, 0) is 24.3 Å². The van der Waals surface area contributed by atoms with E-state index in [1.807, 2.05) is 30.3 Å². The van der Waals surface area contributed by atoms with Gasteiger partial charge in [-0.2, -0.15) is 0 Å². The van der Waals surface area contributed by atoms with Gasteiger partial charge in [-0.25, -0.2) is 0 Å². The van der Waals surface area contributed by atoms with Crippen LogP contribution in [0.4, 0.5) is 0 Å². The molecule has 0 aromatic heterocycles. The van der Waals surface area contributed by atoms with Gasteiger partial charge in [0.25, 0.3) is 0 Å². The molecule has 90 valence electrons. The molecule has 0 radical (unpaired) electrons. The van der Waals surface area contributed by atoms with E-state index in [2.05, 4.69) is 0 Å². The molecule has 0 unspecified atom stereocenters. The molecule has 1 fully saturated rings. The summed E-state index contributed by atoms with van der Waals surface area (Å²) in [6, 6.07) is 9.70. The minimum Gasteiger partial charge on any atom is -0.550 e. The molecule has 1 saturated carbocycles. The van der Waals surface area contributed by atoms with Gasteiger partial charge in [0.05, 0.1) is 0 Å². The van der Waals surface area contributed by atoms with Gasteiger partial charge in [-0.3, -0.25) is 4.79 Å². The van der Waals surface area contributed by atoms with Crippen molar-refractivity contribution in [2.75, 3.05) is 0 Å². The molecule has 0 bridgehead atoms. The summed E-state index contributed by atoms with van der Waals surface area (Å²) in [6.45, 7) is 0. The second-order valence-corrected chi connectivity index (χ2v) is 4.66. The highest BCUT2D eigenvalue weighted by atomic mass is 16.4. The van der Waals surface area contributed by atoms with Crippen LogP contribution in [0.1, 0.15) is 24.8 Å². The van der Waals surface area contributed by atoms with Gasteiger partial charge in [0.15, 0.2) is 0 Å². The van der Waals surface area contributed by atoms with Crippen molar-refractivity contribution in [1.82, 2.24) is 0 Å². The SMILES string of the molecule is O=C1CC[C@@H](C(=O)[O-])[C@H](Cc2ccccc2)C1. The van der Waals surface area contributed by atoms with Gasteiger partial charge in [0.1, 0.15) is 5.78 Å². The largest absolute Gasteiger partial charge is 0.550 e. The molecule has 0 aliphatic heterocycles. The Morgan fingerprint density at radius 1 is 1.29 bits per heavy atom. The molecule has 1 aliphatic carbocycles. The van der Waals surface area contributed by atoms with Gasteiger partial charge >= 0.3 is 0 Å². The predicted octanol–water partition coefficient (Wildman–Crippen LogP) is 0.964. The van der Waals surface area contributed by atoms with Gasteiger partial charge in [0.2, 0.25) is 0 Å². The summed E-state index contributed by atoms with van der Waals surface area (Å²) in [5.74, 6) is -1.43. The van der Waals surface area contributed by atoms with Gasteiger partial charge in [0, 0.05) is 24.7 Å². The number of ketones is 1. The lowest BCUT2D eigenvalue weighted by atomic mass is 9.75. The van der Waals surface area contributed by atoms with E-state index in [4.69, 9.17) is 0 Å². The van der Waals surface area contributed by atoms with Crippen molar-refractivity contribution < 1.29 is 14.7 Å². The van der Waals surface area contributed by atoms with Crippen LogP contribution in [-0.4, -0.2) is 11.8 Å². The number of hydrogen-bond donors (Lipinski definition) is 0. The molecule has 1 aromatic carbocycles. The zero-order valence-corrected chi connectivity index (χ0v) is 9.59. The maximum atomic E-state index is 11.4. The third-order valence-corrected chi connectivity index (χ3v) is 3.44. The first-order valence-corrected chi connectivity index (χ1v) is 5.93. The fraction of sp³-hybridized carbons (Fsp3) is 0.429. The monoisotopic (exact) mass is 231 g/mol. The molecule has 3 heteroatoms. The number of rotatable bonds is 3. The molecule has 17 heavy (non-hydrogen) atoms. The molecule has 1 aliphatic rings. The van der Waals surface area contributed by atoms with Crippen LogP contribution in [0.25, 0.3) is 0 Å². The lowest BCUT2D eigenvalue weighted by Gasteiger charge is -2.31. The minimum absolute atomic E-state index is 0.108. The Labute approximate surface area is 100 Å². The number of Topliss-reactive ketones (excluding diaryl/α,β-unsaturated/α-hetero) is 1. The first-order valence-electron chi connectivity index (χ1n) is 5.93. The van der Waals surface area contributed by atoms with E-state index in [0.717, 1.165) is 5.56 Å². The van der Waals surface area contributed by atoms with Gasteiger partial charge in [-0.15, -0.1) is 0 Å². The van der Waals surface area contributed by atoms with E-state index in [9.17, 15) is 14.7 Å². The zero-order valence-electron chi connectivity index (χ0n) is 9.59. The molecule has 2 rings (SSSR count). The molecule has 0 saturated heterocycles. The zero-order chi connectivity index (χ0) is 12.3. The van der Waals surface area contributed by atoms with Gasteiger partial charge in [-0.1, -0.05) is 30.3 Å². The summed E-state index contributed by atoms with van der Waals surface area (Å²) in [5.41, 5.74) is 1.08. The minimum atomic E-state index is -1.02. The molecule has 0 N–H and O–H groups in total. The molecule has 0 heterocycles. The smallest absolute Gasteiger partial charge is 0.133 e. The van der Waals surface area contributed by atoms with Crippen molar-refractivity contribution in [3.63, 3.8) is 0 Å². The van der Waals surface area contributed by atoms with Gasteiger partial charge < -0.3 is 9.90 Å². The summed E-state index contributed by atoms with van der Waals surface area (Å²) < 4.78 is 0. The van der Waals surface area contributed by atoms with Crippen molar-refractivity contribution in [3.8, 4) is 0 Å². The second kappa shape index (κ2) is 5.13. The highest BCUT2D eigenvalue weighted by molar-refractivity contribution is 5.82. The molecule has 0 spiro atoms.